The summed E-state index contributed by atoms with van der Waals surface area (Å²) >= 11 is 0. The number of sulfone groups is 1. The van der Waals surface area contributed by atoms with Crippen molar-refractivity contribution in [2.45, 2.75) is 16.3 Å². The molecular weight excluding hydrogens is 334 g/mol. The van der Waals surface area contributed by atoms with Gasteiger partial charge in [0, 0.05) is 12.7 Å². The molecule has 0 aliphatic heterocycles. The maximum Gasteiger partial charge on any atom is 0.206 e. The van der Waals surface area contributed by atoms with Gasteiger partial charge in [-0.2, -0.15) is 0 Å². The van der Waals surface area contributed by atoms with Crippen molar-refractivity contribution in [2.24, 2.45) is 0 Å². The lowest BCUT2D eigenvalue weighted by Crippen LogP contribution is -2.03. The standard InChI is InChI=1S/C19H15N3O2S/c23-25(24,16-4-2-1-3-5-16)17-8-6-15(7-9-17)13-22-14-21-18-12-20-11-10-19(18)22/h1-12,14H,13H2. The van der Waals surface area contributed by atoms with E-state index in [-0.39, 0.29) is 0 Å². The van der Waals surface area contributed by atoms with Crippen LogP contribution in [0.4, 0.5) is 0 Å². The van der Waals surface area contributed by atoms with Gasteiger partial charge in [0.1, 0.15) is 5.52 Å². The lowest BCUT2D eigenvalue weighted by molar-refractivity contribution is 0.596. The van der Waals surface area contributed by atoms with Crippen LogP contribution in [0.3, 0.4) is 0 Å². The van der Waals surface area contributed by atoms with Gasteiger partial charge in [-0.05, 0) is 35.9 Å². The van der Waals surface area contributed by atoms with Crippen LogP contribution in [0.25, 0.3) is 11.0 Å². The van der Waals surface area contributed by atoms with Crippen molar-refractivity contribution in [2.75, 3.05) is 0 Å². The molecule has 0 saturated carbocycles. The van der Waals surface area contributed by atoms with Crippen LogP contribution in [0.1, 0.15) is 5.56 Å². The molecule has 124 valence electrons. The molecule has 0 N–H and O–H groups in total. The molecule has 25 heavy (non-hydrogen) atoms. The predicted octanol–water partition coefficient (Wildman–Crippen LogP) is 3.31. The highest BCUT2D eigenvalue weighted by Crippen LogP contribution is 2.21. The lowest BCUT2D eigenvalue weighted by atomic mass is 10.2. The van der Waals surface area contributed by atoms with Gasteiger partial charge >= 0.3 is 0 Å². The number of fused-ring (bicyclic) bond motifs is 1. The first kappa shape index (κ1) is 15.5. The van der Waals surface area contributed by atoms with Crippen molar-refractivity contribution >= 4 is 20.9 Å². The van der Waals surface area contributed by atoms with Gasteiger partial charge in [0.05, 0.1) is 27.8 Å². The fourth-order valence-corrected chi connectivity index (χ4v) is 4.03. The van der Waals surface area contributed by atoms with Crippen molar-refractivity contribution < 1.29 is 8.42 Å². The molecule has 5 nitrogen and oxygen atoms in total. The number of nitrogens with zero attached hydrogens (tertiary/aromatic N) is 3. The van der Waals surface area contributed by atoms with E-state index in [0.717, 1.165) is 16.6 Å². The molecule has 2 aromatic heterocycles. The van der Waals surface area contributed by atoms with Gasteiger partial charge in [0.15, 0.2) is 0 Å². The Balaban J connectivity index is 1.62. The Labute approximate surface area is 145 Å². The monoisotopic (exact) mass is 349 g/mol. The van der Waals surface area contributed by atoms with Gasteiger partial charge < -0.3 is 4.57 Å². The quantitative estimate of drug-likeness (QED) is 0.567. The summed E-state index contributed by atoms with van der Waals surface area (Å²) in [6, 6.07) is 17.3. The number of rotatable bonds is 4. The molecule has 0 saturated heterocycles. The topological polar surface area (TPSA) is 64.8 Å². The van der Waals surface area contributed by atoms with E-state index in [1.54, 1.807) is 61.2 Å². The Kier molecular flexibility index (Phi) is 3.82. The van der Waals surface area contributed by atoms with Crippen LogP contribution < -0.4 is 0 Å². The van der Waals surface area contributed by atoms with Crippen molar-refractivity contribution in [1.82, 2.24) is 14.5 Å². The summed E-state index contributed by atoms with van der Waals surface area (Å²) in [7, 11) is -3.48. The predicted molar refractivity (Wildman–Crippen MR) is 95.0 cm³/mol. The van der Waals surface area contributed by atoms with Gasteiger partial charge in [-0.3, -0.25) is 4.98 Å². The fourth-order valence-electron chi connectivity index (χ4n) is 2.75. The number of aromatic nitrogens is 3. The van der Waals surface area contributed by atoms with E-state index in [2.05, 4.69) is 9.97 Å². The third-order valence-electron chi connectivity index (χ3n) is 4.06. The third-order valence-corrected chi connectivity index (χ3v) is 5.85. The first-order chi connectivity index (χ1) is 12.1. The van der Waals surface area contributed by atoms with Crippen LogP contribution in [0.2, 0.25) is 0 Å². The second kappa shape index (κ2) is 6.14. The van der Waals surface area contributed by atoms with Gasteiger partial charge in [0.2, 0.25) is 9.84 Å². The SMILES string of the molecule is O=S(=O)(c1ccccc1)c1ccc(Cn2cnc3cnccc32)cc1. The molecule has 0 radical (unpaired) electrons. The third kappa shape index (κ3) is 2.92. The molecule has 0 aliphatic carbocycles. The maximum absolute atomic E-state index is 12.6. The number of benzene rings is 2. The van der Waals surface area contributed by atoms with Gasteiger partial charge in [-0.15, -0.1) is 0 Å². The van der Waals surface area contributed by atoms with Gasteiger partial charge in [-0.25, -0.2) is 13.4 Å². The largest absolute Gasteiger partial charge is 0.326 e. The van der Waals surface area contributed by atoms with Crippen molar-refractivity contribution in [1.29, 1.82) is 0 Å². The molecular formula is C19H15N3O2S. The minimum Gasteiger partial charge on any atom is -0.326 e. The zero-order valence-electron chi connectivity index (χ0n) is 13.3. The Morgan fingerprint density at radius 3 is 2.36 bits per heavy atom. The highest BCUT2D eigenvalue weighted by atomic mass is 32.2. The maximum atomic E-state index is 12.6. The van der Waals surface area contributed by atoms with E-state index >= 15 is 0 Å². The molecule has 2 heterocycles. The van der Waals surface area contributed by atoms with Gasteiger partial charge in [-0.1, -0.05) is 30.3 Å². The molecule has 0 atom stereocenters. The zero-order valence-corrected chi connectivity index (χ0v) is 14.1. The van der Waals surface area contributed by atoms with E-state index in [0.29, 0.717) is 16.3 Å². The Bertz CT molecular complexity index is 1120. The van der Waals surface area contributed by atoms with Crippen LogP contribution in [0, 0.1) is 0 Å². The smallest absolute Gasteiger partial charge is 0.206 e. The molecule has 0 spiro atoms. The molecule has 0 bridgehead atoms. The van der Waals surface area contributed by atoms with E-state index in [4.69, 9.17) is 0 Å². The molecule has 4 aromatic rings. The van der Waals surface area contributed by atoms with Crippen LogP contribution in [-0.2, 0) is 16.4 Å². The summed E-state index contributed by atoms with van der Waals surface area (Å²) in [5.41, 5.74) is 2.84. The summed E-state index contributed by atoms with van der Waals surface area (Å²) in [5.74, 6) is 0. The number of hydrogen-bond donors (Lipinski definition) is 0. The highest BCUT2D eigenvalue weighted by molar-refractivity contribution is 7.91. The minimum atomic E-state index is -3.48. The Morgan fingerprint density at radius 2 is 1.60 bits per heavy atom. The first-order valence-electron chi connectivity index (χ1n) is 7.78. The lowest BCUT2D eigenvalue weighted by Gasteiger charge is -2.07. The number of pyridine rings is 1. The molecule has 4 rings (SSSR count). The summed E-state index contributed by atoms with van der Waals surface area (Å²) in [5, 5.41) is 0. The van der Waals surface area contributed by atoms with Crippen LogP contribution in [0.15, 0.2) is 89.2 Å². The molecule has 0 fully saturated rings. The second-order valence-electron chi connectivity index (χ2n) is 5.70. The second-order valence-corrected chi connectivity index (χ2v) is 7.65. The van der Waals surface area contributed by atoms with E-state index < -0.39 is 9.84 Å². The average Bonchev–Trinajstić information content (AvgIpc) is 3.06. The first-order valence-corrected chi connectivity index (χ1v) is 9.27. The molecule has 0 aliphatic rings. The number of hydrogen-bond acceptors (Lipinski definition) is 4. The molecule has 0 amide bonds. The average molecular weight is 349 g/mol. The van der Waals surface area contributed by atoms with E-state index in [9.17, 15) is 8.42 Å². The van der Waals surface area contributed by atoms with E-state index in [1.165, 1.54) is 0 Å². The van der Waals surface area contributed by atoms with Crippen LogP contribution >= 0.6 is 0 Å². The number of imidazole rings is 1. The van der Waals surface area contributed by atoms with Gasteiger partial charge in [0.25, 0.3) is 0 Å². The summed E-state index contributed by atoms with van der Waals surface area (Å²) in [6.45, 7) is 0.617. The zero-order chi connectivity index (χ0) is 17.3. The summed E-state index contributed by atoms with van der Waals surface area (Å²) < 4.78 is 27.2. The highest BCUT2D eigenvalue weighted by Gasteiger charge is 2.16. The molecule has 6 heteroatoms. The van der Waals surface area contributed by atoms with E-state index in [1.807, 2.05) is 22.8 Å². The van der Waals surface area contributed by atoms with Crippen LogP contribution in [-0.4, -0.2) is 23.0 Å². The van der Waals surface area contributed by atoms with Crippen LogP contribution in [0.5, 0.6) is 0 Å². The normalized spacial score (nSPS) is 11.7. The summed E-state index contributed by atoms with van der Waals surface area (Å²) in [6.07, 6.45) is 5.22. The summed E-state index contributed by atoms with van der Waals surface area (Å²) in [4.78, 5) is 8.97. The van der Waals surface area contributed by atoms with Crippen molar-refractivity contribution in [3.63, 3.8) is 0 Å². The Hall–Kier alpha value is -2.99. The fraction of sp³-hybridized carbons (Fsp3) is 0.0526. The van der Waals surface area contributed by atoms with Crippen molar-refractivity contribution in [3.05, 3.63) is 84.9 Å². The molecule has 0 unspecified atom stereocenters. The molecule has 2 aromatic carbocycles. The van der Waals surface area contributed by atoms with Crippen molar-refractivity contribution in [3.8, 4) is 0 Å². The Morgan fingerprint density at radius 1 is 0.880 bits per heavy atom. The minimum absolute atomic E-state index is 0.294.